The summed E-state index contributed by atoms with van der Waals surface area (Å²) in [6.07, 6.45) is 5.19. The number of aliphatic hydroxyl groups excluding tert-OH is 1. The Balaban J connectivity index is 1.32. The molecule has 0 saturated heterocycles. The fourth-order valence-electron chi connectivity index (χ4n) is 3.99. The number of rotatable bonds is 11. The molecule has 3 heterocycles. The quantitative estimate of drug-likeness (QED) is 0.252. The minimum Gasteiger partial charge on any atom is -0.395 e. The third-order valence-corrected chi connectivity index (χ3v) is 5.63. The van der Waals surface area contributed by atoms with Crippen LogP contribution in [-0.4, -0.2) is 55.8 Å². The van der Waals surface area contributed by atoms with Gasteiger partial charge < -0.3 is 20.5 Å². The van der Waals surface area contributed by atoms with Crippen molar-refractivity contribution in [2.75, 3.05) is 31.6 Å². The molecule has 0 saturated carbocycles. The van der Waals surface area contributed by atoms with Gasteiger partial charge in [0.15, 0.2) is 5.82 Å². The van der Waals surface area contributed by atoms with Crippen molar-refractivity contribution in [2.45, 2.75) is 13.2 Å². The summed E-state index contributed by atoms with van der Waals surface area (Å²) in [6.45, 7) is 2.77. The zero-order valence-electron chi connectivity index (χ0n) is 19.1. The lowest BCUT2D eigenvalue weighted by Gasteiger charge is -2.10. The second kappa shape index (κ2) is 10.6. The van der Waals surface area contributed by atoms with Gasteiger partial charge >= 0.3 is 0 Å². The molecule has 0 unspecified atom stereocenters. The molecule has 0 bridgehead atoms. The summed E-state index contributed by atoms with van der Waals surface area (Å²) in [6, 6.07) is 14.5. The van der Waals surface area contributed by atoms with E-state index in [1.54, 1.807) is 16.8 Å². The van der Waals surface area contributed by atoms with Gasteiger partial charge in [-0.2, -0.15) is 10.2 Å². The number of hydrogen-bond acceptors (Lipinski definition) is 7. The van der Waals surface area contributed by atoms with Crippen LogP contribution < -0.4 is 10.6 Å². The first kappa shape index (κ1) is 22.9. The summed E-state index contributed by atoms with van der Waals surface area (Å²) < 4.78 is 23.0. The van der Waals surface area contributed by atoms with E-state index in [9.17, 15) is 4.39 Å². The molecule has 2 aromatic carbocycles. The van der Waals surface area contributed by atoms with Crippen LogP contribution in [0.3, 0.4) is 0 Å². The fraction of sp³-hybridized carbons (Fsp3) is 0.240. The van der Waals surface area contributed by atoms with Crippen LogP contribution in [0.4, 0.5) is 15.9 Å². The van der Waals surface area contributed by atoms with Crippen LogP contribution in [0.25, 0.3) is 16.4 Å². The standard InChI is InChI=1S/C25H26FN7O2/c26-21-3-1-2-18(12-21)15-33-23-5-4-22(13-20(23)14-29-33)31-25-24-19(6-9-32(24)30-17-28-25)16-35-11-8-27-7-10-34/h1-6,9,12-14,17,27,34H,7-8,10-11,15-16H2,(H,28,30,31). The highest BCUT2D eigenvalue weighted by molar-refractivity contribution is 5.85. The number of ether oxygens (including phenoxy) is 1. The van der Waals surface area contributed by atoms with Gasteiger partial charge in [-0.3, -0.25) is 4.68 Å². The summed E-state index contributed by atoms with van der Waals surface area (Å²) in [5.41, 5.74) is 4.49. The first-order valence-electron chi connectivity index (χ1n) is 11.4. The van der Waals surface area contributed by atoms with Gasteiger partial charge in [-0.25, -0.2) is 13.9 Å². The highest BCUT2D eigenvalue weighted by Gasteiger charge is 2.12. The first-order valence-corrected chi connectivity index (χ1v) is 11.4. The average Bonchev–Trinajstić information content (AvgIpc) is 3.46. The van der Waals surface area contributed by atoms with Gasteiger partial charge in [0.25, 0.3) is 0 Å². The molecule has 5 aromatic rings. The highest BCUT2D eigenvalue weighted by Crippen LogP contribution is 2.26. The third-order valence-electron chi connectivity index (χ3n) is 5.63. The lowest BCUT2D eigenvalue weighted by molar-refractivity contribution is 0.122. The molecule has 0 atom stereocenters. The number of halogens is 1. The SMILES string of the molecule is OCCNCCOCc1ccn2ncnc(Nc3ccc4c(cnn4Cc4cccc(F)c4)c3)c12. The van der Waals surface area contributed by atoms with E-state index >= 15 is 0 Å². The Morgan fingerprint density at radius 3 is 2.89 bits per heavy atom. The summed E-state index contributed by atoms with van der Waals surface area (Å²) in [7, 11) is 0. The fourth-order valence-corrected chi connectivity index (χ4v) is 3.99. The zero-order valence-corrected chi connectivity index (χ0v) is 19.1. The second-order valence-electron chi connectivity index (χ2n) is 8.10. The van der Waals surface area contributed by atoms with Gasteiger partial charge in [-0.15, -0.1) is 0 Å². The van der Waals surface area contributed by atoms with Gasteiger partial charge in [0.1, 0.15) is 17.7 Å². The second-order valence-corrected chi connectivity index (χ2v) is 8.10. The molecule has 0 aliphatic carbocycles. The molecule has 5 rings (SSSR count). The van der Waals surface area contributed by atoms with Crippen molar-refractivity contribution in [2.24, 2.45) is 0 Å². The minimum atomic E-state index is -0.255. The van der Waals surface area contributed by atoms with Gasteiger partial charge in [0.05, 0.1) is 38.1 Å². The number of nitrogens with one attached hydrogen (secondary N) is 2. The minimum absolute atomic E-state index is 0.107. The van der Waals surface area contributed by atoms with Gasteiger partial charge in [-0.05, 0) is 42.0 Å². The van der Waals surface area contributed by atoms with E-state index in [2.05, 4.69) is 25.8 Å². The van der Waals surface area contributed by atoms with E-state index in [4.69, 9.17) is 9.84 Å². The van der Waals surface area contributed by atoms with E-state index < -0.39 is 0 Å². The molecule has 0 fully saturated rings. The maximum atomic E-state index is 13.5. The largest absolute Gasteiger partial charge is 0.395 e. The molecule has 0 aliphatic heterocycles. The summed E-state index contributed by atoms with van der Waals surface area (Å²) in [5, 5.41) is 25.1. The van der Waals surface area contributed by atoms with Crippen LogP contribution in [0.5, 0.6) is 0 Å². The molecule has 3 N–H and O–H groups in total. The Morgan fingerprint density at radius 1 is 1.06 bits per heavy atom. The van der Waals surface area contributed by atoms with Crippen molar-refractivity contribution < 1.29 is 14.2 Å². The van der Waals surface area contributed by atoms with E-state index in [1.807, 2.05) is 41.2 Å². The Bertz CT molecular complexity index is 1430. The number of nitrogens with zero attached hydrogens (tertiary/aromatic N) is 5. The molecule has 35 heavy (non-hydrogen) atoms. The molecule has 9 nitrogen and oxygen atoms in total. The van der Waals surface area contributed by atoms with E-state index in [0.29, 0.717) is 38.7 Å². The van der Waals surface area contributed by atoms with E-state index in [-0.39, 0.29) is 12.4 Å². The maximum Gasteiger partial charge on any atom is 0.158 e. The smallest absolute Gasteiger partial charge is 0.158 e. The number of anilines is 2. The lowest BCUT2D eigenvalue weighted by atomic mass is 10.2. The molecule has 180 valence electrons. The Kier molecular flexibility index (Phi) is 6.94. The number of benzene rings is 2. The predicted octanol–water partition coefficient (Wildman–Crippen LogP) is 3.11. The molecular weight excluding hydrogens is 449 g/mol. The Hall–Kier alpha value is -3.86. The molecule has 0 amide bonds. The molecular formula is C25H26FN7O2. The van der Waals surface area contributed by atoms with Crippen molar-refractivity contribution >= 4 is 27.9 Å². The van der Waals surface area contributed by atoms with Gasteiger partial charge in [-0.1, -0.05) is 12.1 Å². The summed E-state index contributed by atoms with van der Waals surface area (Å²) in [5.74, 6) is 0.420. The van der Waals surface area contributed by atoms with Crippen LogP contribution in [0.2, 0.25) is 0 Å². The highest BCUT2D eigenvalue weighted by atomic mass is 19.1. The number of fused-ring (bicyclic) bond motifs is 2. The van der Waals surface area contributed by atoms with Crippen molar-refractivity contribution in [1.82, 2.24) is 29.7 Å². The van der Waals surface area contributed by atoms with Crippen LogP contribution >= 0.6 is 0 Å². The van der Waals surface area contributed by atoms with Crippen LogP contribution in [-0.2, 0) is 17.9 Å². The molecule has 0 aliphatic rings. The van der Waals surface area contributed by atoms with Gasteiger partial charge in [0.2, 0.25) is 0 Å². The summed E-state index contributed by atoms with van der Waals surface area (Å²) >= 11 is 0. The van der Waals surface area contributed by atoms with Crippen molar-refractivity contribution in [1.29, 1.82) is 0 Å². The topological polar surface area (TPSA) is 102 Å². The normalized spacial score (nSPS) is 11.5. The number of hydrogen-bond donors (Lipinski definition) is 3. The summed E-state index contributed by atoms with van der Waals surface area (Å²) in [4.78, 5) is 4.46. The van der Waals surface area contributed by atoms with Crippen LogP contribution in [0.1, 0.15) is 11.1 Å². The van der Waals surface area contributed by atoms with Crippen molar-refractivity contribution in [3.63, 3.8) is 0 Å². The number of aliphatic hydroxyl groups is 1. The van der Waals surface area contributed by atoms with Crippen molar-refractivity contribution in [3.8, 4) is 0 Å². The van der Waals surface area contributed by atoms with Crippen LogP contribution in [0.15, 0.2) is 67.3 Å². The number of aromatic nitrogens is 5. The third kappa shape index (κ3) is 5.29. The average molecular weight is 476 g/mol. The molecule has 10 heteroatoms. The van der Waals surface area contributed by atoms with E-state index in [1.165, 1.54) is 18.5 Å². The van der Waals surface area contributed by atoms with Crippen molar-refractivity contribution in [3.05, 3.63) is 84.2 Å². The van der Waals surface area contributed by atoms with E-state index in [0.717, 1.165) is 33.2 Å². The lowest BCUT2D eigenvalue weighted by Crippen LogP contribution is -2.22. The molecule has 0 radical (unpaired) electrons. The predicted molar refractivity (Wildman–Crippen MR) is 131 cm³/mol. The molecule has 0 spiro atoms. The molecule has 3 aromatic heterocycles. The maximum absolute atomic E-state index is 13.5. The first-order chi connectivity index (χ1) is 17.2. The zero-order chi connectivity index (χ0) is 24.0. The Morgan fingerprint density at radius 2 is 2.00 bits per heavy atom. The Labute approximate surface area is 201 Å². The monoisotopic (exact) mass is 475 g/mol. The van der Waals surface area contributed by atoms with Gasteiger partial charge in [0, 0.05) is 35.9 Å². The van der Waals surface area contributed by atoms with Crippen LogP contribution in [0, 0.1) is 5.82 Å².